The highest BCUT2D eigenvalue weighted by Crippen LogP contribution is 2.34. The van der Waals surface area contributed by atoms with E-state index in [2.05, 4.69) is 49.2 Å². The van der Waals surface area contributed by atoms with Crippen LogP contribution in [-0.2, 0) is 78.7 Å². The van der Waals surface area contributed by atoms with Gasteiger partial charge in [0.25, 0.3) is 5.92 Å². The number of aryl methyl sites for hydroxylation is 1. The largest absolute Gasteiger partial charge is 0.480 e. The molecule has 0 bridgehead atoms. The SMILES string of the molecule is N#C[C@@H]1CC(F)(F)CN1C(=O)[C@@H]1C[C@@H](CC(=O)N2Cc3cccc(CNCCOCCOCCNC(=O)C(CCCCNC(=O)CCCc4ccc(I)cc4)NC(=O)CN4CCN(CC(=O)O)CCN(CC(=O)O)CCN(CC(=O)O)CC4)c3C2)C(=O)N1. The Balaban J connectivity index is 0.914. The molecule has 4 atom stereocenters. The Hall–Kier alpha value is -6.53. The van der Waals surface area contributed by atoms with Gasteiger partial charge in [0, 0.05) is 120 Å². The van der Waals surface area contributed by atoms with Crippen molar-refractivity contribution in [1.82, 2.24) is 56.0 Å². The van der Waals surface area contributed by atoms with Crippen LogP contribution in [0.15, 0.2) is 42.5 Å². The lowest BCUT2D eigenvalue weighted by atomic mass is 9.99. The molecule has 4 aliphatic heterocycles. The molecule has 26 nitrogen and oxygen atoms in total. The number of ether oxygens (including phenoxy) is 2. The number of carbonyl (C=O) groups is 9. The first-order valence-electron chi connectivity index (χ1n) is 29.9. The summed E-state index contributed by atoms with van der Waals surface area (Å²) in [6.45, 7) is 2.81. The van der Waals surface area contributed by atoms with Gasteiger partial charge in [-0.1, -0.05) is 30.3 Å². The predicted octanol–water partition coefficient (Wildman–Crippen LogP) is 0.297. The van der Waals surface area contributed by atoms with Crippen LogP contribution >= 0.6 is 22.6 Å². The number of unbranched alkanes of at least 4 members (excludes halogenated alkanes) is 1. The van der Waals surface area contributed by atoms with Crippen molar-refractivity contribution in [3.63, 3.8) is 0 Å². The van der Waals surface area contributed by atoms with Gasteiger partial charge < -0.3 is 61.2 Å². The summed E-state index contributed by atoms with van der Waals surface area (Å²) in [4.78, 5) is 124. The summed E-state index contributed by atoms with van der Waals surface area (Å²) in [5.41, 5.74) is 4.08. The molecular weight excluding hydrogens is 1270 g/mol. The van der Waals surface area contributed by atoms with Gasteiger partial charge in [0.05, 0.1) is 65.2 Å². The normalized spacial score (nSPS) is 19.8. The van der Waals surface area contributed by atoms with Crippen LogP contribution in [0.3, 0.4) is 0 Å². The van der Waals surface area contributed by atoms with Crippen LogP contribution in [-0.4, -0.2) is 253 Å². The number of amides is 6. The van der Waals surface area contributed by atoms with Gasteiger partial charge in [-0.15, -0.1) is 0 Å². The molecule has 0 saturated carbocycles. The first kappa shape index (κ1) is 70.6. The highest BCUT2D eigenvalue weighted by atomic mass is 127. The summed E-state index contributed by atoms with van der Waals surface area (Å²) >= 11 is 2.24. The molecule has 3 fully saturated rings. The van der Waals surface area contributed by atoms with E-state index >= 15 is 0 Å². The van der Waals surface area contributed by atoms with Crippen LogP contribution < -0.4 is 26.6 Å². The lowest BCUT2D eigenvalue weighted by molar-refractivity contribution is -0.140. The van der Waals surface area contributed by atoms with Crippen molar-refractivity contribution in [2.75, 3.05) is 131 Å². The molecule has 2 aromatic carbocycles. The minimum absolute atomic E-state index is 0.0357. The maximum atomic E-state index is 14.0. The first-order valence-corrected chi connectivity index (χ1v) is 31.0. The van der Waals surface area contributed by atoms with E-state index in [1.807, 2.05) is 42.5 Å². The van der Waals surface area contributed by atoms with Gasteiger partial charge in [0.15, 0.2) is 0 Å². The number of nitrogens with zero attached hydrogens (tertiary/aromatic N) is 7. The molecule has 484 valence electrons. The molecule has 4 heterocycles. The number of benzene rings is 2. The lowest BCUT2D eigenvalue weighted by Gasteiger charge is -2.33. The monoisotopic (exact) mass is 1350 g/mol. The Labute approximate surface area is 524 Å². The molecule has 0 aliphatic carbocycles. The summed E-state index contributed by atoms with van der Waals surface area (Å²) in [6, 6.07) is 12.3. The zero-order valence-electron chi connectivity index (χ0n) is 49.6. The third-order valence-electron chi connectivity index (χ3n) is 15.8. The zero-order chi connectivity index (χ0) is 63.6. The summed E-state index contributed by atoms with van der Waals surface area (Å²) < 4.78 is 40.7. The van der Waals surface area contributed by atoms with Gasteiger partial charge in [0.1, 0.15) is 18.1 Å². The standard InChI is InChI=1S/C59H83F2IN12O14/c60-59(61)31-46(32-63)74(40-59)58(86)49-29-44(56(84)68-49)30-52(77)73-34-43-7-4-6-42(47(43)35-73)33-64-15-25-87-27-28-88-26-16-66-57(85)48(8-1-2-14-65-50(75)9-3-5-41-10-12-45(62)13-11-41)67-51(76)36-69-17-19-70(37-53(78)79)21-23-72(39-55(82)83)24-22-71(20-18-69)38-54(80)81/h4,6-7,10-13,44,46,48-49,64H,1-3,5,8-9,14-31,33-40H2,(H,65,75)(H,66,85)(H,67,76)(H,68,84)(H,78,79)(H,80,81)(H,82,83)/t44-,46-,48?,49-/m0/s1. The second kappa shape index (κ2) is 36.2. The van der Waals surface area contributed by atoms with E-state index in [0.717, 1.165) is 37.1 Å². The van der Waals surface area contributed by atoms with Crippen molar-refractivity contribution in [2.24, 2.45) is 5.92 Å². The quantitative estimate of drug-likeness (QED) is 0.0352. The minimum Gasteiger partial charge on any atom is -0.480 e. The Kier molecular flexibility index (Phi) is 29.0. The third-order valence-corrected chi connectivity index (χ3v) is 16.5. The van der Waals surface area contributed by atoms with E-state index in [9.17, 15) is 72.5 Å². The first-order chi connectivity index (χ1) is 42.1. The predicted molar refractivity (Wildman–Crippen MR) is 322 cm³/mol. The number of carbonyl (C=O) groups excluding carboxylic acids is 6. The zero-order valence-corrected chi connectivity index (χ0v) is 51.7. The fourth-order valence-electron chi connectivity index (χ4n) is 11.1. The molecule has 1 unspecified atom stereocenters. The van der Waals surface area contributed by atoms with Gasteiger partial charge in [0.2, 0.25) is 35.4 Å². The molecule has 6 amide bonds. The number of hydrogen-bond donors (Lipinski definition) is 8. The average Bonchev–Trinajstić information content (AvgIpc) is 3.61. The summed E-state index contributed by atoms with van der Waals surface area (Å²) in [6.07, 6.45) is 2.13. The smallest absolute Gasteiger partial charge is 0.317 e. The Morgan fingerprint density at radius 1 is 0.739 bits per heavy atom. The van der Waals surface area contributed by atoms with Gasteiger partial charge in [-0.2, -0.15) is 5.26 Å². The van der Waals surface area contributed by atoms with Gasteiger partial charge >= 0.3 is 17.9 Å². The second-order valence-electron chi connectivity index (χ2n) is 22.6. The summed E-state index contributed by atoms with van der Waals surface area (Å²) in [7, 11) is 0. The van der Waals surface area contributed by atoms with Crippen LogP contribution in [0.5, 0.6) is 0 Å². The average molecular weight is 1350 g/mol. The summed E-state index contributed by atoms with van der Waals surface area (Å²) in [5, 5.41) is 52.7. The number of aliphatic carboxylic acids is 3. The molecule has 2 aromatic rings. The molecule has 88 heavy (non-hydrogen) atoms. The molecule has 6 rings (SSSR count). The van der Waals surface area contributed by atoms with Crippen molar-refractivity contribution in [2.45, 2.75) is 101 Å². The van der Waals surface area contributed by atoms with Gasteiger partial charge in [-0.3, -0.25) is 62.8 Å². The van der Waals surface area contributed by atoms with Gasteiger partial charge in [-0.25, -0.2) is 8.78 Å². The van der Waals surface area contributed by atoms with Crippen LogP contribution in [0, 0.1) is 20.8 Å². The molecular formula is C59H83F2IN12O14. The number of alkyl halides is 2. The third kappa shape index (κ3) is 24.5. The lowest BCUT2D eigenvalue weighted by Crippen LogP contribution is -2.52. The summed E-state index contributed by atoms with van der Waals surface area (Å²) in [5.74, 6) is -9.80. The molecule has 0 radical (unpaired) electrons. The molecule has 8 N–H and O–H groups in total. The minimum atomic E-state index is -3.20. The van der Waals surface area contributed by atoms with E-state index in [-0.39, 0.29) is 136 Å². The van der Waals surface area contributed by atoms with Crippen LogP contribution in [0.4, 0.5) is 8.78 Å². The topological polar surface area (TPSA) is 336 Å². The molecule has 4 aliphatic rings. The van der Waals surface area contributed by atoms with Gasteiger partial charge in [-0.05, 0) is 95.5 Å². The number of nitrogens with one attached hydrogen (secondary N) is 5. The number of fused-ring (bicyclic) bond motifs is 1. The highest BCUT2D eigenvalue weighted by Gasteiger charge is 2.50. The second-order valence-corrected chi connectivity index (χ2v) is 23.8. The number of hydrogen-bond acceptors (Lipinski definition) is 17. The Morgan fingerprint density at radius 2 is 1.34 bits per heavy atom. The molecule has 0 aromatic heterocycles. The van der Waals surface area contributed by atoms with Crippen molar-refractivity contribution in [1.29, 1.82) is 5.26 Å². The van der Waals surface area contributed by atoms with Crippen LogP contribution in [0.2, 0.25) is 0 Å². The molecule has 0 spiro atoms. The molecule has 29 heteroatoms. The van der Waals surface area contributed by atoms with E-state index < -0.39 is 84.5 Å². The fraction of sp³-hybridized carbons (Fsp3) is 0.627. The number of halogens is 3. The maximum absolute atomic E-state index is 14.0. The number of nitriles is 1. The van der Waals surface area contributed by atoms with Crippen molar-refractivity contribution in [3.05, 3.63) is 68.3 Å². The number of likely N-dealkylation sites (tertiary alicyclic amines) is 1. The number of carboxylic acids is 3. The Morgan fingerprint density at radius 3 is 1.94 bits per heavy atom. The van der Waals surface area contributed by atoms with Crippen molar-refractivity contribution in [3.8, 4) is 6.07 Å². The number of rotatable bonds is 33. The fourth-order valence-corrected chi connectivity index (χ4v) is 11.4. The van der Waals surface area contributed by atoms with E-state index in [1.54, 1.807) is 30.6 Å². The Bertz CT molecular complexity index is 2710. The van der Waals surface area contributed by atoms with Crippen molar-refractivity contribution >= 4 is 75.9 Å². The molecule has 3 saturated heterocycles. The van der Waals surface area contributed by atoms with E-state index in [4.69, 9.17) is 9.47 Å². The number of carboxylic acid groups (broad SMARTS) is 3. The van der Waals surface area contributed by atoms with E-state index in [1.165, 1.54) is 0 Å². The highest BCUT2D eigenvalue weighted by molar-refractivity contribution is 14.1. The van der Waals surface area contributed by atoms with E-state index in [0.29, 0.717) is 65.0 Å². The van der Waals surface area contributed by atoms with Crippen LogP contribution in [0.1, 0.15) is 73.6 Å². The van der Waals surface area contributed by atoms with Crippen LogP contribution in [0.25, 0.3) is 0 Å². The van der Waals surface area contributed by atoms with Crippen molar-refractivity contribution < 1.29 is 76.7 Å². The maximum Gasteiger partial charge on any atom is 0.317 e.